The van der Waals surface area contributed by atoms with E-state index < -0.39 is 5.92 Å². The number of hydrogen-bond donors (Lipinski definition) is 1. The number of carbonyl (C=O) groups excluding carboxylic acids is 2. The summed E-state index contributed by atoms with van der Waals surface area (Å²) in [6.45, 7) is 3.94. The lowest BCUT2D eigenvalue weighted by atomic mass is 9.83. The molecule has 5 heteroatoms. The molecule has 1 aromatic heterocycles. The van der Waals surface area contributed by atoms with E-state index in [-0.39, 0.29) is 11.8 Å². The molecular weight excluding hydrogens is 334 g/mol. The van der Waals surface area contributed by atoms with Crippen molar-refractivity contribution in [2.24, 2.45) is 0 Å². The Morgan fingerprint density at radius 2 is 1.96 bits per heavy atom. The first-order chi connectivity index (χ1) is 12.1. The number of dihydropyridines is 1. The summed E-state index contributed by atoms with van der Waals surface area (Å²) < 4.78 is 5.27. The van der Waals surface area contributed by atoms with E-state index in [2.05, 4.69) is 5.32 Å². The zero-order chi connectivity index (χ0) is 17.6. The topological polar surface area (TPSA) is 55.4 Å². The maximum Gasteiger partial charge on any atom is 0.336 e. The van der Waals surface area contributed by atoms with Gasteiger partial charge in [0.2, 0.25) is 0 Å². The van der Waals surface area contributed by atoms with Crippen LogP contribution in [0.15, 0.2) is 58.6 Å². The van der Waals surface area contributed by atoms with E-state index in [4.69, 9.17) is 4.74 Å². The van der Waals surface area contributed by atoms with Crippen molar-refractivity contribution >= 4 is 28.8 Å². The first kappa shape index (κ1) is 15.8. The van der Waals surface area contributed by atoms with Crippen molar-refractivity contribution in [1.82, 2.24) is 5.32 Å². The highest BCUT2D eigenvalue weighted by Crippen LogP contribution is 2.47. The molecule has 25 heavy (non-hydrogen) atoms. The summed E-state index contributed by atoms with van der Waals surface area (Å²) in [5, 5.41) is 5.25. The lowest BCUT2D eigenvalue weighted by molar-refractivity contribution is -0.138. The molecule has 0 fully saturated rings. The molecule has 126 valence electrons. The van der Waals surface area contributed by atoms with E-state index in [1.807, 2.05) is 48.7 Å². The zero-order valence-electron chi connectivity index (χ0n) is 14.0. The summed E-state index contributed by atoms with van der Waals surface area (Å²) in [5.41, 5.74) is 4.27. The Kier molecular flexibility index (Phi) is 3.81. The third-order valence-corrected chi connectivity index (χ3v) is 5.51. The number of ketones is 1. The van der Waals surface area contributed by atoms with Crippen molar-refractivity contribution in [2.75, 3.05) is 6.61 Å². The number of Topliss-reactive ketones (excluding diaryl/α,β-unsaturated/α-hetero) is 1. The van der Waals surface area contributed by atoms with Gasteiger partial charge in [-0.05, 0) is 25.3 Å². The quantitative estimate of drug-likeness (QED) is 0.853. The molecule has 2 heterocycles. The molecule has 0 radical (unpaired) electrons. The molecular formula is C20H17NO3S. The van der Waals surface area contributed by atoms with Gasteiger partial charge < -0.3 is 10.1 Å². The van der Waals surface area contributed by atoms with Gasteiger partial charge >= 0.3 is 5.97 Å². The van der Waals surface area contributed by atoms with Crippen molar-refractivity contribution in [2.45, 2.75) is 19.8 Å². The number of rotatable bonds is 3. The van der Waals surface area contributed by atoms with Gasteiger partial charge in [-0.1, -0.05) is 30.3 Å². The zero-order valence-corrected chi connectivity index (χ0v) is 14.8. The molecule has 1 aliphatic carbocycles. The fourth-order valence-electron chi connectivity index (χ4n) is 3.55. The third kappa shape index (κ3) is 2.35. The van der Waals surface area contributed by atoms with Crippen LogP contribution in [0.3, 0.4) is 0 Å². The average molecular weight is 351 g/mol. The lowest BCUT2D eigenvalue weighted by Gasteiger charge is -2.28. The predicted octanol–water partition coefficient (Wildman–Crippen LogP) is 3.88. The van der Waals surface area contributed by atoms with E-state index >= 15 is 0 Å². The van der Waals surface area contributed by atoms with Crippen LogP contribution < -0.4 is 5.32 Å². The number of carbonyl (C=O) groups is 2. The summed E-state index contributed by atoms with van der Waals surface area (Å²) >= 11 is 1.54. The van der Waals surface area contributed by atoms with Gasteiger partial charge in [0.05, 0.1) is 23.8 Å². The summed E-state index contributed by atoms with van der Waals surface area (Å²) in [7, 11) is 0. The molecule has 0 saturated heterocycles. The van der Waals surface area contributed by atoms with Crippen LogP contribution in [-0.2, 0) is 9.53 Å². The lowest BCUT2D eigenvalue weighted by Crippen LogP contribution is -2.29. The second kappa shape index (κ2) is 6.01. The molecule has 4 nitrogen and oxygen atoms in total. The van der Waals surface area contributed by atoms with Gasteiger partial charge in [-0.25, -0.2) is 4.79 Å². The minimum absolute atomic E-state index is 0.0224. The Bertz CT molecular complexity index is 938. The highest BCUT2D eigenvalue weighted by Gasteiger charge is 2.43. The Morgan fingerprint density at radius 3 is 2.64 bits per heavy atom. The number of nitrogens with one attached hydrogen (secondary N) is 1. The average Bonchev–Trinajstić information content (AvgIpc) is 3.22. The minimum atomic E-state index is -0.393. The molecule has 1 aromatic carbocycles. The summed E-state index contributed by atoms with van der Waals surface area (Å²) in [6.07, 6.45) is 0. The first-order valence-electron chi connectivity index (χ1n) is 8.20. The van der Waals surface area contributed by atoms with Gasteiger partial charge in [0.15, 0.2) is 5.78 Å². The van der Waals surface area contributed by atoms with Crippen LogP contribution in [-0.4, -0.2) is 18.4 Å². The van der Waals surface area contributed by atoms with Crippen LogP contribution in [0.1, 0.15) is 40.6 Å². The third-order valence-electron chi connectivity index (χ3n) is 4.57. The van der Waals surface area contributed by atoms with Crippen LogP contribution in [0, 0.1) is 0 Å². The Labute approximate surface area is 149 Å². The largest absolute Gasteiger partial charge is 0.463 e. The van der Waals surface area contributed by atoms with Crippen molar-refractivity contribution in [1.29, 1.82) is 0 Å². The van der Waals surface area contributed by atoms with E-state index in [0.29, 0.717) is 23.3 Å². The number of fused-ring (bicyclic) bond motifs is 2. The second-order valence-electron chi connectivity index (χ2n) is 6.00. The van der Waals surface area contributed by atoms with Crippen molar-refractivity contribution < 1.29 is 14.3 Å². The van der Waals surface area contributed by atoms with Crippen molar-refractivity contribution in [3.8, 4) is 0 Å². The second-order valence-corrected chi connectivity index (χ2v) is 6.98. The number of esters is 1. The van der Waals surface area contributed by atoms with E-state index in [1.165, 1.54) is 0 Å². The fraction of sp³-hybridized carbons (Fsp3) is 0.200. The molecule has 0 bridgehead atoms. The van der Waals surface area contributed by atoms with E-state index in [0.717, 1.165) is 21.8 Å². The molecule has 1 atom stereocenters. The monoisotopic (exact) mass is 351 g/mol. The van der Waals surface area contributed by atoms with Crippen LogP contribution in [0.25, 0.3) is 5.70 Å². The molecule has 1 N–H and O–H groups in total. The van der Waals surface area contributed by atoms with Gasteiger partial charge in [-0.2, -0.15) is 0 Å². The SMILES string of the molecule is CCOC(=O)C1=C(C)NC2=C(C(=O)c3ccccc32)C1c1cccs1. The Morgan fingerprint density at radius 1 is 1.20 bits per heavy atom. The smallest absolute Gasteiger partial charge is 0.336 e. The van der Waals surface area contributed by atoms with Gasteiger partial charge in [-0.15, -0.1) is 11.3 Å². The summed E-state index contributed by atoms with van der Waals surface area (Å²) in [5.74, 6) is -0.790. The summed E-state index contributed by atoms with van der Waals surface area (Å²) in [4.78, 5) is 26.7. The number of ether oxygens (including phenoxy) is 1. The Hall–Kier alpha value is -2.66. The van der Waals surface area contributed by atoms with Crippen LogP contribution >= 0.6 is 11.3 Å². The van der Waals surface area contributed by atoms with Gasteiger partial charge in [0.25, 0.3) is 0 Å². The molecule has 0 amide bonds. The highest BCUT2D eigenvalue weighted by molar-refractivity contribution is 7.10. The minimum Gasteiger partial charge on any atom is -0.463 e. The maximum absolute atomic E-state index is 13.1. The Balaban J connectivity index is 1.91. The highest BCUT2D eigenvalue weighted by atomic mass is 32.1. The molecule has 2 aliphatic rings. The molecule has 2 aromatic rings. The van der Waals surface area contributed by atoms with Gasteiger partial charge in [-0.3, -0.25) is 4.79 Å². The maximum atomic E-state index is 13.1. The molecule has 1 unspecified atom stereocenters. The molecule has 0 spiro atoms. The van der Waals surface area contributed by atoms with Gasteiger partial charge in [0, 0.05) is 27.3 Å². The van der Waals surface area contributed by atoms with E-state index in [1.54, 1.807) is 18.3 Å². The summed E-state index contributed by atoms with van der Waals surface area (Å²) in [6, 6.07) is 11.5. The standard InChI is InChI=1S/C20H17NO3S/c1-3-24-20(23)15-11(2)21-18-12-7-4-5-8-13(12)19(22)17(18)16(15)14-9-6-10-25-14/h4-10,16,21H,3H2,1-2H3. The molecule has 1 aliphatic heterocycles. The van der Waals surface area contributed by atoms with Crippen molar-refractivity contribution in [3.63, 3.8) is 0 Å². The van der Waals surface area contributed by atoms with Crippen LogP contribution in [0.5, 0.6) is 0 Å². The molecule has 0 saturated carbocycles. The number of allylic oxidation sites excluding steroid dienone is 2. The van der Waals surface area contributed by atoms with E-state index in [9.17, 15) is 9.59 Å². The van der Waals surface area contributed by atoms with Crippen LogP contribution in [0.4, 0.5) is 0 Å². The van der Waals surface area contributed by atoms with Crippen molar-refractivity contribution in [3.05, 3.63) is 74.6 Å². The first-order valence-corrected chi connectivity index (χ1v) is 9.08. The number of benzene rings is 1. The number of thiophene rings is 1. The predicted molar refractivity (Wildman–Crippen MR) is 97.2 cm³/mol. The van der Waals surface area contributed by atoms with Gasteiger partial charge in [0.1, 0.15) is 0 Å². The number of hydrogen-bond acceptors (Lipinski definition) is 5. The fourth-order valence-corrected chi connectivity index (χ4v) is 4.39. The molecule has 4 rings (SSSR count). The normalized spacial score (nSPS) is 18.8. The van der Waals surface area contributed by atoms with Crippen LogP contribution in [0.2, 0.25) is 0 Å².